The summed E-state index contributed by atoms with van der Waals surface area (Å²) in [6.07, 6.45) is 6.33. The van der Waals surface area contributed by atoms with Gasteiger partial charge in [0.25, 0.3) is 0 Å². The van der Waals surface area contributed by atoms with Gasteiger partial charge in [0, 0.05) is 59.1 Å². The van der Waals surface area contributed by atoms with Crippen molar-refractivity contribution in [2.75, 3.05) is 50.2 Å². The van der Waals surface area contributed by atoms with Gasteiger partial charge in [-0.15, -0.1) is 0 Å². The van der Waals surface area contributed by atoms with Crippen LogP contribution in [0.15, 0.2) is 12.3 Å². The topological polar surface area (TPSA) is 70.6 Å². The Hall–Kier alpha value is -1.89. The summed E-state index contributed by atoms with van der Waals surface area (Å²) in [5.74, 6) is 2.35. The van der Waals surface area contributed by atoms with Gasteiger partial charge in [-0.1, -0.05) is 0 Å². The van der Waals surface area contributed by atoms with Crippen molar-refractivity contribution in [2.24, 2.45) is 5.92 Å². The number of carbonyl (C=O) groups is 1. The highest BCUT2D eigenvalue weighted by molar-refractivity contribution is 5.76. The van der Waals surface area contributed by atoms with Crippen molar-refractivity contribution in [1.29, 1.82) is 0 Å². The van der Waals surface area contributed by atoms with E-state index >= 15 is 0 Å². The Morgan fingerprint density at radius 3 is 2.68 bits per heavy atom. The quantitative estimate of drug-likeness (QED) is 0.869. The van der Waals surface area contributed by atoms with Crippen LogP contribution in [0.4, 0.5) is 11.8 Å². The molecule has 0 saturated carbocycles. The van der Waals surface area contributed by atoms with Gasteiger partial charge >= 0.3 is 0 Å². The van der Waals surface area contributed by atoms with Crippen molar-refractivity contribution in [1.82, 2.24) is 15.3 Å². The molecule has 1 amide bonds. The van der Waals surface area contributed by atoms with Crippen LogP contribution in [0.25, 0.3) is 0 Å². The highest BCUT2D eigenvalue weighted by Crippen LogP contribution is 2.24. The molecule has 0 radical (unpaired) electrons. The monoisotopic (exact) mass is 347 g/mol. The summed E-state index contributed by atoms with van der Waals surface area (Å²) in [5.41, 5.74) is 0. The molecule has 0 aromatic carbocycles. The summed E-state index contributed by atoms with van der Waals surface area (Å²) >= 11 is 0. The van der Waals surface area contributed by atoms with Gasteiger partial charge in [0.15, 0.2) is 0 Å². The van der Waals surface area contributed by atoms with E-state index < -0.39 is 0 Å². The second kappa shape index (κ2) is 8.47. The van der Waals surface area contributed by atoms with E-state index in [4.69, 9.17) is 4.74 Å². The van der Waals surface area contributed by atoms with E-state index in [0.29, 0.717) is 18.4 Å². The van der Waals surface area contributed by atoms with Gasteiger partial charge in [0.2, 0.25) is 11.9 Å². The van der Waals surface area contributed by atoms with Gasteiger partial charge in [-0.05, 0) is 37.7 Å². The SMILES string of the molecule is CN(C)c1ccnc(N2CCC(CC(=O)NC3CCOCC3)CC2)n1. The fraction of sp³-hybridized carbons (Fsp3) is 0.722. The maximum Gasteiger partial charge on any atom is 0.227 e. The molecule has 1 aromatic rings. The zero-order valence-electron chi connectivity index (χ0n) is 15.3. The van der Waals surface area contributed by atoms with Crippen molar-refractivity contribution in [3.05, 3.63) is 12.3 Å². The van der Waals surface area contributed by atoms with Crippen molar-refractivity contribution in [3.8, 4) is 0 Å². The summed E-state index contributed by atoms with van der Waals surface area (Å²) in [5, 5.41) is 3.17. The van der Waals surface area contributed by atoms with Crippen LogP contribution in [0.3, 0.4) is 0 Å². The van der Waals surface area contributed by atoms with E-state index in [-0.39, 0.29) is 5.91 Å². The fourth-order valence-electron chi connectivity index (χ4n) is 3.47. The number of aromatic nitrogens is 2. The Labute approximate surface area is 149 Å². The summed E-state index contributed by atoms with van der Waals surface area (Å²) in [4.78, 5) is 25.5. The first-order valence-electron chi connectivity index (χ1n) is 9.24. The first-order valence-corrected chi connectivity index (χ1v) is 9.24. The zero-order valence-corrected chi connectivity index (χ0v) is 15.3. The number of anilines is 2. The smallest absolute Gasteiger partial charge is 0.227 e. The summed E-state index contributed by atoms with van der Waals surface area (Å²) in [6, 6.07) is 2.21. The number of carbonyl (C=O) groups excluding carboxylic acids is 1. The number of piperidine rings is 1. The van der Waals surface area contributed by atoms with Crippen LogP contribution in [-0.4, -0.2) is 62.3 Å². The Balaban J connectivity index is 1.45. The Morgan fingerprint density at radius 1 is 1.28 bits per heavy atom. The van der Waals surface area contributed by atoms with Crippen LogP contribution in [0.2, 0.25) is 0 Å². The number of ether oxygens (including phenoxy) is 1. The molecule has 1 N–H and O–H groups in total. The third-order valence-electron chi connectivity index (χ3n) is 5.04. The van der Waals surface area contributed by atoms with Crippen LogP contribution in [0.1, 0.15) is 32.1 Å². The molecule has 2 aliphatic heterocycles. The van der Waals surface area contributed by atoms with Crippen molar-refractivity contribution in [3.63, 3.8) is 0 Å². The molecule has 25 heavy (non-hydrogen) atoms. The van der Waals surface area contributed by atoms with Crippen LogP contribution in [-0.2, 0) is 9.53 Å². The summed E-state index contributed by atoms with van der Waals surface area (Å²) in [7, 11) is 3.96. The van der Waals surface area contributed by atoms with E-state index in [2.05, 4.69) is 20.2 Å². The second-order valence-electron chi connectivity index (χ2n) is 7.20. The molecule has 0 unspecified atom stereocenters. The minimum atomic E-state index is 0.191. The average molecular weight is 347 g/mol. The second-order valence-corrected chi connectivity index (χ2v) is 7.20. The molecular formula is C18H29N5O2. The number of hydrogen-bond donors (Lipinski definition) is 1. The van der Waals surface area contributed by atoms with Crippen molar-refractivity contribution < 1.29 is 9.53 Å². The van der Waals surface area contributed by atoms with Gasteiger partial charge in [-0.25, -0.2) is 4.98 Å². The predicted octanol–water partition coefficient (Wildman–Crippen LogP) is 1.44. The van der Waals surface area contributed by atoms with Crippen LogP contribution in [0, 0.1) is 5.92 Å². The molecule has 2 aliphatic rings. The standard InChI is InChI=1S/C18H29N5O2/c1-22(2)16-3-8-19-18(21-16)23-9-4-14(5-10-23)13-17(24)20-15-6-11-25-12-7-15/h3,8,14-15H,4-7,9-13H2,1-2H3,(H,20,24). The lowest BCUT2D eigenvalue weighted by Gasteiger charge is -2.32. The largest absolute Gasteiger partial charge is 0.381 e. The first-order chi connectivity index (χ1) is 12.1. The molecule has 0 bridgehead atoms. The van der Waals surface area contributed by atoms with Gasteiger partial charge in [-0.3, -0.25) is 4.79 Å². The van der Waals surface area contributed by atoms with Gasteiger partial charge < -0.3 is 19.9 Å². The molecule has 0 spiro atoms. The number of rotatable bonds is 5. The number of nitrogens with zero attached hydrogens (tertiary/aromatic N) is 4. The maximum absolute atomic E-state index is 12.3. The Bertz CT molecular complexity index is 566. The normalized spacial score (nSPS) is 19.7. The van der Waals surface area contributed by atoms with Crippen LogP contribution >= 0.6 is 0 Å². The lowest BCUT2D eigenvalue weighted by Crippen LogP contribution is -2.41. The average Bonchev–Trinajstić information content (AvgIpc) is 2.63. The minimum absolute atomic E-state index is 0.191. The number of nitrogens with one attached hydrogen (secondary N) is 1. The lowest BCUT2D eigenvalue weighted by atomic mass is 9.93. The highest BCUT2D eigenvalue weighted by Gasteiger charge is 2.24. The Morgan fingerprint density at radius 2 is 2.00 bits per heavy atom. The zero-order chi connectivity index (χ0) is 17.6. The first kappa shape index (κ1) is 17.9. The molecule has 2 saturated heterocycles. The number of amides is 1. The molecule has 0 aliphatic carbocycles. The third-order valence-corrected chi connectivity index (χ3v) is 5.04. The van der Waals surface area contributed by atoms with E-state index in [0.717, 1.165) is 63.8 Å². The molecule has 7 heteroatoms. The van der Waals surface area contributed by atoms with E-state index in [9.17, 15) is 4.79 Å². The predicted molar refractivity (Wildman–Crippen MR) is 97.9 cm³/mol. The van der Waals surface area contributed by atoms with Crippen molar-refractivity contribution >= 4 is 17.7 Å². The van der Waals surface area contributed by atoms with Gasteiger partial charge in [0.05, 0.1) is 0 Å². The van der Waals surface area contributed by atoms with E-state index in [1.807, 2.05) is 31.3 Å². The molecule has 3 heterocycles. The summed E-state index contributed by atoms with van der Waals surface area (Å²) < 4.78 is 5.34. The minimum Gasteiger partial charge on any atom is -0.381 e. The third kappa shape index (κ3) is 5.04. The van der Waals surface area contributed by atoms with Crippen molar-refractivity contribution in [2.45, 2.75) is 38.1 Å². The van der Waals surface area contributed by atoms with Gasteiger partial charge in [-0.2, -0.15) is 4.98 Å². The molecule has 138 valence electrons. The molecule has 3 rings (SSSR count). The molecule has 1 aromatic heterocycles. The molecule has 7 nitrogen and oxygen atoms in total. The molecule has 0 atom stereocenters. The maximum atomic E-state index is 12.3. The number of hydrogen-bond acceptors (Lipinski definition) is 6. The van der Waals surface area contributed by atoms with E-state index in [1.165, 1.54) is 0 Å². The van der Waals surface area contributed by atoms with Crippen LogP contribution < -0.4 is 15.1 Å². The van der Waals surface area contributed by atoms with E-state index in [1.54, 1.807) is 0 Å². The molecule has 2 fully saturated rings. The summed E-state index contributed by atoms with van der Waals surface area (Å²) in [6.45, 7) is 3.34. The van der Waals surface area contributed by atoms with Crippen LogP contribution in [0.5, 0.6) is 0 Å². The molecular weight excluding hydrogens is 318 g/mol. The Kier molecular flexibility index (Phi) is 6.07. The van der Waals surface area contributed by atoms with Gasteiger partial charge in [0.1, 0.15) is 5.82 Å². The highest BCUT2D eigenvalue weighted by atomic mass is 16.5. The lowest BCUT2D eigenvalue weighted by molar-refractivity contribution is -0.123. The fourth-order valence-corrected chi connectivity index (χ4v) is 3.47.